The summed E-state index contributed by atoms with van der Waals surface area (Å²) in [4.78, 5) is 8.83. The number of rotatable bonds is 4. The molecule has 1 atom stereocenters. The third-order valence-electron chi connectivity index (χ3n) is 3.89. The first-order chi connectivity index (χ1) is 11.1. The molecule has 0 saturated heterocycles. The maximum Gasteiger partial charge on any atom is 0.125 e. The Morgan fingerprint density at radius 1 is 1.22 bits per heavy atom. The average molecular weight is 330 g/mol. The van der Waals surface area contributed by atoms with Gasteiger partial charge >= 0.3 is 0 Å². The van der Waals surface area contributed by atoms with Crippen LogP contribution in [0, 0.1) is 6.92 Å². The second-order valence-electron chi connectivity index (χ2n) is 5.25. The van der Waals surface area contributed by atoms with Gasteiger partial charge in [0.25, 0.3) is 0 Å². The monoisotopic (exact) mass is 330 g/mol. The highest BCUT2D eigenvalue weighted by atomic mass is 32.2. The molecule has 1 aromatic carbocycles. The lowest BCUT2D eigenvalue weighted by atomic mass is 10.1. The minimum atomic E-state index is -1.21. The summed E-state index contributed by atoms with van der Waals surface area (Å²) in [6.07, 6.45) is 2.28. The summed E-state index contributed by atoms with van der Waals surface area (Å²) in [5.74, 6) is 1.85. The van der Waals surface area contributed by atoms with Gasteiger partial charge in [-0.05, 0) is 24.6 Å². The molecule has 0 aliphatic carbocycles. The molecule has 0 amide bonds. The van der Waals surface area contributed by atoms with Gasteiger partial charge in [0, 0.05) is 24.2 Å². The van der Waals surface area contributed by atoms with Crippen molar-refractivity contribution in [2.75, 3.05) is 14.2 Å². The summed E-state index contributed by atoms with van der Waals surface area (Å²) < 4.78 is 23.1. The normalized spacial score (nSPS) is 14.1. The number of nitrogens with zero attached hydrogens (tertiary/aromatic N) is 2. The second kappa shape index (κ2) is 6.50. The average Bonchev–Trinajstić information content (AvgIpc) is 2.99. The molecular formula is C17H18N2O3S. The predicted molar refractivity (Wildman–Crippen MR) is 91.2 cm³/mol. The zero-order valence-electron chi connectivity index (χ0n) is 13.3. The topological polar surface area (TPSA) is 60.8 Å². The third kappa shape index (κ3) is 3.12. The SMILES string of the molecule is COc1ccc2c(c1)N=C(S(=O)Cc1nccc(OC)c1C)C2. The molecule has 1 unspecified atom stereocenters. The summed E-state index contributed by atoms with van der Waals surface area (Å²) >= 11 is 0. The van der Waals surface area contributed by atoms with Crippen LogP contribution in [0.15, 0.2) is 35.5 Å². The number of ether oxygens (including phenoxy) is 2. The summed E-state index contributed by atoms with van der Waals surface area (Å²) in [5.41, 5.74) is 3.60. The Labute approximate surface area is 137 Å². The number of methoxy groups -OCH3 is 2. The Morgan fingerprint density at radius 2 is 2.04 bits per heavy atom. The molecule has 0 fully saturated rings. The fourth-order valence-electron chi connectivity index (χ4n) is 2.53. The van der Waals surface area contributed by atoms with Gasteiger partial charge in [-0.2, -0.15) is 0 Å². The highest BCUT2D eigenvalue weighted by molar-refractivity contribution is 8.00. The van der Waals surface area contributed by atoms with Crippen LogP contribution in [0.3, 0.4) is 0 Å². The van der Waals surface area contributed by atoms with E-state index >= 15 is 0 Å². The molecule has 0 saturated carbocycles. The zero-order chi connectivity index (χ0) is 16.4. The smallest absolute Gasteiger partial charge is 0.125 e. The van der Waals surface area contributed by atoms with E-state index in [9.17, 15) is 4.21 Å². The van der Waals surface area contributed by atoms with Gasteiger partial charge in [-0.15, -0.1) is 0 Å². The fourth-order valence-corrected chi connectivity index (χ4v) is 3.75. The lowest BCUT2D eigenvalue weighted by Crippen LogP contribution is -2.11. The minimum Gasteiger partial charge on any atom is -0.497 e. The molecule has 6 heteroatoms. The molecule has 5 nitrogen and oxygen atoms in total. The van der Waals surface area contributed by atoms with E-state index in [0.717, 1.165) is 34.0 Å². The Balaban J connectivity index is 1.80. The number of aromatic nitrogens is 1. The van der Waals surface area contributed by atoms with Gasteiger partial charge in [-0.1, -0.05) is 6.07 Å². The van der Waals surface area contributed by atoms with Crippen LogP contribution in [0.2, 0.25) is 0 Å². The minimum absolute atomic E-state index is 0.340. The molecule has 1 aromatic heterocycles. The van der Waals surface area contributed by atoms with Crippen LogP contribution >= 0.6 is 0 Å². The number of aliphatic imine (C=N–C) groups is 1. The number of hydrogen-bond acceptors (Lipinski definition) is 5. The highest BCUT2D eigenvalue weighted by Gasteiger charge is 2.21. The lowest BCUT2D eigenvalue weighted by molar-refractivity contribution is 0.410. The molecule has 120 valence electrons. The third-order valence-corrected chi connectivity index (χ3v) is 5.19. The van der Waals surface area contributed by atoms with Gasteiger partial charge in [0.05, 0.1) is 42.2 Å². The van der Waals surface area contributed by atoms with Gasteiger partial charge in [0.2, 0.25) is 0 Å². The first-order valence-electron chi connectivity index (χ1n) is 7.23. The zero-order valence-corrected chi connectivity index (χ0v) is 14.1. The van der Waals surface area contributed by atoms with E-state index in [1.54, 1.807) is 26.5 Å². The molecule has 2 aromatic rings. The van der Waals surface area contributed by atoms with Crippen molar-refractivity contribution in [1.29, 1.82) is 0 Å². The second-order valence-corrected chi connectivity index (χ2v) is 6.70. The van der Waals surface area contributed by atoms with Crippen LogP contribution in [0.4, 0.5) is 5.69 Å². The summed E-state index contributed by atoms with van der Waals surface area (Å²) in [7, 11) is 2.03. The van der Waals surface area contributed by atoms with Crippen LogP contribution in [0.1, 0.15) is 16.8 Å². The molecule has 23 heavy (non-hydrogen) atoms. The highest BCUT2D eigenvalue weighted by Crippen LogP contribution is 2.32. The molecule has 1 aliphatic heterocycles. The number of fused-ring (bicyclic) bond motifs is 1. The fraction of sp³-hybridized carbons (Fsp3) is 0.294. The van der Waals surface area contributed by atoms with E-state index in [1.807, 2.05) is 25.1 Å². The van der Waals surface area contributed by atoms with Crippen LogP contribution in [0.5, 0.6) is 11.5 Å². The van der Waals surface area contributed by atoms with E-state index in [-0.39, 0.29) is 0 Å². The van der Waals surface area contributed by atoms with Gasteiger partial charge in [0.1, 0.15) is 16.5 Å². The van der Waals surface area contributed by atoms with Crippen molar-refractivity contribution < 1.29 is 13.7 Å². The van der Waals surface area contributed by atoms with E-state index in [2.05, 4.69) is 9.98 Å². The number of hydrogen-bond donors (Lipinski definition) is 0. The Hall–Kier alpha value is -2.21. The molecule has 3 rings (SSSR count). The van der Waals surface area contributed by atoms with Crippen molar-refractivity contribution in [2.45, 2.75) is 19.1 Å². The summed E-state index contributed by atoms with van der Waals surface area (Å²) in [6, 6.07) is 7.54. The molecule has 0 radical (unpaired) electrons. The number of benzene rings is 1. The summed E-state index contributed by atoms with van der Waals surface area (Å²) in [5, 5.41) is 0.678. The first-order valence-corrected chi connectivity index (χ1v) is 8.55. The Bertz CT molecular complexity index is 802. The van der Waals surface area contributed by atoms with Crippen molar-refractivity contribution in [1.82, 2.24) is 4.98 Å². The van der Waals surface area contributed by atoms with Crippen molar-refractivity contribution in [3.8, 4) is 11.5 Å². The molecule has 0 N–H and O–H groups in total. The molecule has 1 aliphatic rings. The van der Waals surface area contributed by atoms with Crippen molar-refractivity contribution in [2.24, 2.45) is 4.99 Å². The predicted octanol–water partition coefficient (Wildman–Crippen LogP) is 2.94. The van der Waals surface area contributed by atoms with Crippen LogP contribution in [-0.2, 0) is 23.0 Å². The Morgan fingerprint density at radius 3 is 2.78 bits per heavy atom. The van der Waals surface area contributed by atoms with E-state index in [0.29, 0.717) is 17.2 Å². The van der Waals surface area contributed by atoms with E-state index < -0.39 is 10.8 Å². The van der Waals surface area contributed by atoms with Gasteiger partial charge in [-0.25, -0.2) is 4.99 Å². The van der Waals surface area contributed by atoms with Crippen molar-refractivity contribution in [3.05, 3.63) is 47.3 Å². The Kier molecular flexibility index (Phi) is 4.43. The maximum atomic E-state index is 12.7. The molecule has 0 bridgehead atoms. The van der Waals surface area contributed by atoms with Crippen LogP contribution in [-0.4, -0.2) is 28.5 Å². The van der Waals surface area contributed by atoms with Gasteiger partial charge < -0.3 is 9.47 Å². The van der Waals surface area contributed by atoms with Gasteiger partial charge in [0.15, 0.2) is 0 Å². The van der Waals surface area contributed by atoms with Gasteiger partial charge in [-0.3, -0.25) is 9.19 Å². The van der Waals surface area contributed by atoms with E-state index in [4.69, 9.17) is 9.47 Å². The first kappa shape index (κ1) is 15.7. The maximum absolute atomic E-state index is 12.7. The van der Waals surface area contributed by atoms with Crippen LogP contribution < -0.4 is 9.47 Å². The number of pyridine rings is 1. The molecular weight excluding hydrogens is 312 g/mol. The summed E-state index contributed by atoms with van der Waals surface area (Å²) in [6.45, 7) is 1.93. The largest absolute Gasteiger partial charge is 0.497 e. The lowest BCUT2D eigenvalue weighted by Gasteiger charge is -2.09. The molecule has 0 spiro atoms. The quantitative estimate of drug-likeness (QED) is 0.865. The van der Waals surface area contributed by atoms with Crippen molar-refractivity contribution in [3.63, 3.8) is 0 Å². The van der Waals surface area contributed by atoms with Crippen molar-refractivity contribution >= 4 is 21.5 Å². The van der Waals surface area contributed by atoms with Crippen LogP contribution in [0.25, 0.3) is 0 Å². The van der Waals surface area contributed by atoms with E-state index in [1.165, 1.54) is 0 Å². The standard InChI is InChI=1S/C17H18N2O3S/c1-11-15(18-7-6-16(11)22-3)10-23(20)17-8-12-4-5-13(21-2)9-14(12)19-17/h4-7,9H,8,10H2,1-3H3. The molecule has 2 heterocycles.